The summed E-state index contributed by atoms with van der Waals surface area (Å²) in [6, 6.07) is 15.6. The maximum atomic E-state index is 12.6. The van der Waals surface area contributed by atoms with Gasteiger partial charge in [0.25, 0.3) is 12.4 Å². The number of fused-ring (bicyclic) bond motifs is 1. The van der Waals surface area contributed by atoms with Crippen LogP contribution < -0.4 is 19.5 Å². The number of methoxy groups -OCH3 is 2. The lowest BCUT2D eigenvalue weighted by Gasteiger charge is -2.12. The first-order valence-electron chi connectivity index (χ1n) is 7.83. The molecule has 0 spiro atoms. The molecule has 0 unspecified atom stereocenters. The van der Waals surface area contributed by atoms with Crippen molar-refractivity contribution in [2.75, 3.05) is 19.5 Å². The molecule has 0 heterocycles. The minimum absolute atomic E-state index is 0.292. The zero-order valence-corrected chi connectivity index (χ0v) is 14.3. The largest absolute Gasteiger partial charge is 0.493 e. The summed E-state index contributed by atoms with van der Waals surface area (Å²) < 4.78 is 15.4. The molecule has 0 aliphatic carbocycles. The number of benzene rings is 3. The van der Waals surface area contributed by atoms with Gasteiger partial charge in [-0.3, -0.25) is 9.59 Å². The second kappa shape index (κ2) is 7.57. The van der Waals surface area contributed by atoms with E-state index in [4.69, 9.17) is 14.2 Å². The molecule has 0 aliphatic heterocycles. The number of hydrogen-bond donors (Lipinski definition) is 1. The number of carbonyl (C=O) groups excluding carboxylic acids is 2. The minimum atomic E-state index is -0.292. The third kappa shape index (κ3) is 3.30. The Kier molecular flexibility index (Phi) is 5.03. The fraction of sp³-hybridized carbons (Fsp3) is 0.100. The number of amides is 1. The Morgan fingerprint density at radius 2 is 1.58 bits per heavy atom. The molecule has 3 aromatic rings. The van der Waals surface area contributed by atoms with Gasteiger partial charge < -0.3 is 19.5 Å². The Morgan fingerprint density at radius 1 is 0.885 bits per heavy atom. The van der Waals surface area contributed by atoms with Crippen molar-refractivity contribution in [1.82, 2.24) is 0 Å². The quantitative estimate of drug-likeness (QED) is 0.686. The highest BCUT2D eigenvalue weighted by atomic mass is 16.5. The Morgan fingerprint density at radius 3 is 2.27 bits per heavy atom. The van der Waals surface area contributed by atoms with Gasteiger partial charge in [0, 0.05) is 22.0 Å². The fourth-order valence-electron chi connectivity index (χ4n) is 2.71. The number of carbonyl (C=O) groups is 2. The van der Waals surface area contributed by atoms with E-state index in [1.54, 1.807) is 30.3 Å². The smallest absolute Gasteiger partial charge is 0.298 e. The number of rotatable bonds is 6. The number of nitrogens with one attached hydrogen (secondary N) is 1. The van der Waals surface area contributed by atoms with Crippen LogP contribution in [0.4, 0.5) is 5.69 Å². The van der Waals surface area contributed by atoms with Crippen molar-refractivity contribution in [3.63, 3.8) is 0 Å². The maximum Gasteiger partial charge on any atom is 0.298 e. The topological polar surface area (TPSA) is 73.9 Å². The summed E-state index contributed by atoms with van der Waals surface area (Å²) in [5, 5.41) is 4.37. The number of hydrogen-bond acceptors (Lipinski definition) is 5. The molecular weight excluding hydrogens is 334 g/mol. The van der Waals surface area contributed by atoms with E-state index in [0.29, 0.717) is 35.0 Å². The van der Waals surface area contributed by atoms with Crippen LogP contribution in [0.5, 0.6) is 17.2 Å². The van der Waals surface area contributed by atoms with Gasteiger partial charge in [0.1, 0.15) is 5.75 Å². The van der Waals surface area contributed by atoms with Crippen molar-refractivity contribution in [2.45, 2.75) is 0 Å². The molecule has 1 N–H and O–H groups in total. The van der Waals surface area contributed by atoms with E-state index in [2.05, 4.69) is 5.32 Å². The van der Waals surface area contributed by atoms with Crippen molar-refractivity contribution in [3.05, 3.63) is 60.2 Å². The Hall–Kier alpha value is -3.54. The SMILES string of the molecule is COc1ccc(C(=O)Nc2ccc(OC=O)c3ccccc23)cc1OC. The van der Waals surface area contributed by atoms with E-state index in [-0.39, 0.29) is 5.91 Å². The molecule has 0 bridgehead atoms. The predicted molar refractivity (Wildman–Crippen MR) is 98.1 cm³/mol. The normalized spacial score (nSPS) is 10.2. The van der Waals surface area contributed by atoms with Gasteiger partial charge in [0.05, 0.1) is 14.2 Å². The molecule has 132 valence electrons. The van der Waals surface area contributed by atoms with Crippen LogP contribution in [0.15, 0.2) is 54.6 Å². The average molecular weight is 351 g/mol. The average Bonchev–Trinajstić information content (AvgIpc) is 2.69. The van der Waals surface area contributed by atoms with Crippen LogP contribution in [-0.2, 0) is 4.79 Å². The second-order valence-corrected chi connectivity index (χ2v) is 5.39. The van der Waals surface area contributed by atoms with Crippen molar-refractivity contribution in [3.8, 4) is 17.2 Å². The molecule has 3 rings (SSSR count). The molecule has 0 saturated carbocycles. The van der Waals surface area contributed by atoms with Gasteiger partial charge in [-0.05, 0) is 30.3 Å². The molecule has 3 aromatic carbocycles. The first-order valence-corrected chi connectivity index (χ1v) is 7.83. The van der Waals surface area contributed by atoms with Gasteiger partial charge in [0.2, 0.25) is 0 Å². The summed E-state index contributed by atoms with van der Waals surface area (Å²) in [5.41, 5.74) is 1.04. The summed E-state index contributed by atoms with van der Waals surface area (Å²) in [6.45, 7) is 0.379. The van der Waals surface area contributed by atoms with Gasteiger partial charge >= 0.3 is 0 Å². The first kappa shape index (κ1) is 17.3. The van der Waals surface area contributed by atoms with Gasteiger partial charge in [-0.1, -0.05) is 24.3 Å². The minimum Gasteiger partial charge on any atom is -0.493 e. The van der Waals surface area contributed by atoms with E-state index >= 15 is 0 Å². The molecule has 6 heteroatoms. The van der Waals surface area contributed by atoms with E-state index < -0.39 is 0 Å². The number of ether oxygens (including phenoxy) is 3. The lowest BCUT2D eigenvalue weighted by atomic mass is 10.1. The van der Waals surface area contributed by atoms with Crippen LogP contribution >= 0.6 is 0 Å². The first-order chi connectivity index (χ1) is 12.7. The van der Waals surface area contributed by atoms with Gasteiger partial charge in [-0.15, -0.1) is 0 Å². The van der Waals surface area contributed by atoms with Crippen LogP contribution in [-0.4, -0.2) is 26.6 Å². The van der Waals surface area contributed by atoms with Crippen molar-refractivity contribution in [1.29, 1.82) is 0 Å². The molecule has 0 saturated heterocycles. The second-order valence-electron chi connectivity index (χ2n) is 5.39. The zero-order chi connectivity index (χ0) is 18.5. The predicted octanol–water partition coefficient (Wildman–Crippen LogP) is 3.64. The molecule has 0 aromatic heterocycles. The van der Waals surface area contributed by atoms with Crippen LogP contribution in [0.25, 0.3) is 10.8 Å². The van der Waals surface area contributed by atoms with E-state index in [9.17, 15) is 9.59 Å². The monoisotopic (exact) mass is 351 g/mol. The van der Waals surface area contributed by atoms with Crippen LogP contribution in [0.3, 0.4) is 0 Å². The van der Waals surface area contributed by atoms with E-state index in [1.165, 1.54) is 14.2 Å². The molecule has 6 nitrogen and oxygen atoms in total. The Labute approximate surface area is 150 Å². The molecular formula is C20H17NO5. The standard InChI is InChI=1S/C20H17NO5/c1-24-18-9-7-13(11-19(18)25-2)20(23)21-16-8-10-17(26-12-22)15-6-4-3-5-14(15)16/h3-12H,1-2H3,(H,21,23). The van der Waals surface area contributed by atoms with Crippen molar-refractivity contribution < 1.29 is 23.8 Å². The van der Waals surface area contributed by atoms with Gasteiger partial charge in [0.15, 0.2) is 11.5 Å². The zero-order valence-electron chi connectivity index (χ0n) is 14.3. The molecule has 0 radical (unpaired) electrons. The lowest BCUT2D eigenvalue weighted by Crippen LogP contribution is -2.12. The van der Waals surface area contributed by atoms with Gasteiger partial charge in [-0.2, -0.15) is 0 Å². The maximum absolute atomic E-state index is 12.6. The van der Waals surface area contributed by atoms with E-state index in [1.807, 2.05) is 24.3 Å². The fourth-order valence-corrected chi connectivity index (χ4v) is 2.71. The Bertz CT molecular complexity index is 968. The van der Waals surface area contributed by atoms with Crippen molar-refractivity contribution in [2.24, 2.45) is 0 Å². The summed E-state index contributed by atoms with van der Waals surface area (Å²) >= 11 is 0. The molecule has 1 amide bonds. The molecule has 0 aliphatic rings. The van der Waals surface area contributed by atoms with E-state index in [0.717, 1.165) is 10.8 Å². The van der Waals surface area contributed by atoms with Crippen LogP contribution in [0.2, 0.25) is 0 Å². The Balaban J connectivity index is 1.95. The molecule has 26 heavy (non-hydrogen) atoms. The third-order valence-electron chi connectivity index (χ3n) is 3.95. The highest BCUT2D eigenvalue weighted by Crippen LogP contribution is 2.32. The van der Waals surface area contributed by atoms with Crippen molar-refractivity contribution >= 4 is 28.8 Å². The summed E-state index contributed by atoms with van der Waals surface area (Å²) in [4.78, 5) is 23.3. The number of anilines is 1. The lowest BCUT2D eigenvalue weighted by molar-refractivity contribution is -0.120. The summed E-state index contributed by atoms with van der Waals surface area (Å²) in [6.07, 6.45) is 0. The highest BCUT2D eigenvalue weighted by Gasteiger charge is 2.13. The van der Waals surface area contributed by atoms with Crippen LogP contribution in [0, 0.1) is 0 Å². The van der Waals surface area contributed by atoms with Crippen LogP contribution in [0.1, 0.15) is 10.4 Å². The van der Waals surface area contributed by atoms with Gasteiger partial charge in [-0.25, -0.2) is 0 Å². The summed E-state index contributed by atoms with van der Waals surface area (Å²) in [5.74, 6) is 1.16. The molecule has 0 atom stereocenters. The molecule has 0 fully saturated rings. The highest BCUT2D eigenvalue weighted by molar-refractivity contribution is 6.10. The third-order valence-corrected chi connectivity index (χ3v) is 3.95. The summed E-state index contributed by atoms with van der Waals surface area (Å²) in [7, 11) is 3.05.